The second-order valence-corrected chi connectivity index (χ2v) is 10.6. The van der Waals surface area contributed by atoms with Gasteiger partial charge in [-0.2, -0.15) is 0 Å². The Morgan fingerprint density at radius 2 is 1.89 bits per heavy atom. The largest absolute Gasteiger partial charge is 0.337 e. The number of thiophene rings is 1. The summed E-state index contributed by atoms with van der Waals surface area (Å²) < 4.78 is 1.58. The van der Waals surface area contributed by atoms with Gasteiger partial charge in [-0.3, -0.25) is 19.0 Å². The van der Waals surface area contributed by atoms with E-state index in [1.54, 1.807) is 40.7 Å². The molecule has 35 heavy (non-hydrogen) atoms. The van der Waals surface area contributed by atoms with E-state index in [2.05, 4.69) is 5.32 Å². The molecular weight excluding hydrogens is 504 g/mol. The number of carbonyl (C=O) groups is 2. The quantitative estimate of drug-likeness (QED) is 0.301. The van der Waals surface area contributed by atoms with Gasteiger partial charge in [0.25, 0.3) is 5.56 Å². The number of hydrogen-bond donors (Lipinski definition) is 1. The van der Waals surface area contributed by atoms with E-state index >= 15 is 0 Å². The number of anilines is 1. The Bertz CT molecular complexity index is 1480. The molecular formula is C25H21ClN4O3S2. The zero-order valence-electron chi connectivity index (χ0n) is 18.8. The van der Waals surface area contributed by atoms with E-state index in [4.69, 9.17) is 16.6 Å². The van der Waals surface area contributed by atoms with Crippen LogP contribution in [-0.2, 0) is 22.6 Å². The molecule has 1 N–H and O–H groups in total. The highest BCUT2D eigenvalue weighted by Gasteiger charge is 2.26. The number of halogens is 1. The molecule has 2 aromatic carbocycles. The number of amides is 2. The van der Waals surface area contributed by atoms with Gasteiger partial charge in [0, 0.05) is 29.1 Å². The summed E-state index contributed by atoms with van der Waals surface area (Å²) in [6.07, 6.45) is 0.622. The van der Waals surface area contributed by atoms with Crippen molar-refractivity contribution in [3.63, 3.8) is 0 Å². The molecule has 0 aliphatic carbocycles. The SMILES string of the molecule is CC(=O)N1CCc2c(sc3nc(SCC(=O)Nc4ccc(Cl)cc4)n(-c4ccccc4)c(=O)c23)C1. The molecule has 0 fully saturated rings. The van der Waals surface area contributed by atoms with Gasteiger partial charge >= 0.3 is 0 Å². The van der Waals surface area contributed by atoms with Gasteiger partial charge in [-0.05, 0) is 48.4 Å². The predicted molar refractivity (Wildman–Crippen MR) is 141 cm³/mol. The van der Waals surface area contributed by atoms with Crippen molar-refractivity contribution in [3.8, 4) is 5.69 Å². The second-order valence-electron chi connectivity index (χ2n) is 8.09. The maximum Gasteiger partial charge on any atom is 0.267 e. The van der Waals surface area contributed by atoms with Crippen molar-refractivity contribution in [1.29, 1.82) is 0 Å². The molecule has 0 saturated heterocycles. The number of rotatable bonds is 5. The van der Waals surface area contributed by atoms with Crippen LogP contribution in [0.2, 0.25) is 5.02 Å². The second kappa shape index (κ2) is 9.85. The Kier molecular flexibility index (Phi) is 6.64. The molecule has 2 aromatic heterocycles. The van der Waals surface area contributed by atoms with Crippen molar-refractivity contribution in [2.45, 2.75) is 25.0 Å². The number of carbonyl (C=O) groups excluding carboxylic acids is 2. The summed E-state index contributed by atoms with van der Waals surface area (Å²) in [5.41, 5.74) is 2.15. The van der Waals surface area contributed by atoms with Gasteiger partial charge in [-0.15, -0.1) is 11.3 Å². The Balaban J connectivity index is 1.51. The molecule has 7 nitrogen and oxygen atoms in total. The van der Waals surface area contributed by atoms with Crippen molar-refractivity contribution in [2.75, 3.05) is 17.6 Å². The third-order valence-electron chi connectivity index (χ3n) is 5.76. The number of nitrogens with one attached hydrogen (secondary N) is 1. The summed E-state index contributed by atoms with van der Waals surface area (Å²) in [5, 5.41) is 4.48. The van der Waals surface area contributed by atoms with Crippen LogP contribution in [-0.4, -0.2) is 38.6 Å². The van der Waals surface area contributed by atoms with Crippen LogP contribution in [0.15, 0.2) is 64.5 Å². The maximum atomic E-state index is 13.8. The molecule has 0 saturated carbocycles. The third-order valence-corrected chi connectivity index (χ3v) is 8.07. The Labute approximate surface area is 214 Å². The molecule has 2 amide bonds. The van der Waals surface area contributed by atoms with Gasteiger partial charge in [0.2, 0.25) is 11.8 Å². The number of aromatic nitrogens is 2. The normalized spacial score (nSPS) is 13.0. The molecule has 3 heterocycles. The fourth-order valence-corrected chi connectivity index (χ4v) is 6.27. The molecule has 0 spiro atoms. The summed E-state index contributed by atoms with van der Waals surface area (Å²) in [7, 11) is 0. The Hall–Kier alpha value is -3.14. The van der Waals surface area contributed by atoms with Gasteiger partial charge in [-0.1, -0.05) is 41.6 Å². The lowest BCUT2D eigenvalue weighted by Crippen LogP contribution is -2.34. The van der Waals surface area contributed by atoms with E-state index in [9.17, 15) is 14.4 Å². The number of fused-ring (bicyclic) bond motifs is 3. The monoisotopic (exact) mass is 524 g/mol. The summed E-state index contributed by atoms with van der Waals surface area (Å²) in [5.74, 6) is -0.115. The molecule has 0 radical (unpaired) electrons. The van der Waals surface area contributed by atoms with E-state index in [0.717, 1.165) is 10.4 Å². The number of nitrogens with zero attached hydrogens (tertiary/aromatic N) is 3. The van der Waals surface area contributed by atoms with Gasteiger partial charge in [0.05, 0.1) is 23.4 Å². The molecule has 0 bridgehead atoms. The van der Waals surface area contributed by atoms with Crippen LogP contribution in [0.1, 0.15) is 17.4 Å². The van der Waals surface area contributed by atoms with E-state index in [1.165, 1.54) is 23.1 Å². The van der Waals surface area contributed by atoms with E-state index in [-0.39, 0.29) is 23.1 Å². The minimum Gasteiger partial charge on any atom is -0.337 e. The smallest absolute Gasteiger partial charge is 0.267 e. The number of benzene rings is 2. The van der Waals surface area contributed by atoms with E-state index in [0.29, 0.717) is 51.3 Å². The van der Waals surface area contributed by atoms with Crippen molar-refractivity contribution < 1.29 is 9.59 Å². The third kappa shape index (κ3) is 4.84. The molecule has 4 aromatic rings. The molecule has 10 heteroatoms. The highest BCUT2D eigenvalue weighted by molar-refractivity contribution is 7.99. The van der Waals surface area contributed by atoms with Crippen LogP contribution in [0.4, 0.5) is 5.69 Å². The van der Waals surface area contributed by atoms with E-state index in [1.807, 2.05) is 30.3 Å². The minimum atomic E-state index is -0.214. The van der Waals surface area contributed by atoms with Gasteiger partial charge in [0.1, 0.15) is 4.83 Å². The first-order chi connectivity index (χ1) is 16.9. The van der Waals surface area contributed by atoms with Crippen molar-refractivity contribution in [3.05, 3.63) is 80.4 Å². The lowest BCUT2D eigenvalue weighted by atomic mass is 10.1. The molecule has 178 valence electrons. The molecule has 1 aliphatic rings. The number of hydrogen-bond acceptors (Lipinski definition) is 6. The number of para-hydroxylation sites is 1. The van der Waals surface area contributed by atoms with Gasteiger partial charge < -0.3 is 10.2 Å². The lowest BCUT2D eigenvalue weighted by molar-refractivity contribution is -0.129. The first kappa shape index (κ1) is 23.6. The first-order valence-electron chi connectivity index (χ1n) is 11.0. The van der Waals surface area contributed by atoms with Crippen molar-refractivity contribution >= 4 is 62.4 Å². The first-order valence-corrected chi connectivity index (χ1v) is 13.1. The van der Waals surface area contributed by atoms with Crippen LogP contribution in [0.3, 0.4) is 0 Å². The van der Waals surface area contributed by atoms with E-state index < -0.39 is 0 Å². The fourth-order valence-electron chi connectivity index (χ4n) is 4.05. The Morgan fingerprint density at radius 3 is 2.60 bits per heavy atom. The van der Waals surface area contributed by atoms with Crippen LogP contribution >= 0.6 is 34.7 Å². The highest BCUT2D eigenvalue weighted by Crippen LogP contribution is 2.34. The highest BCUT2D eigenvalue weighted by atomic mass is 35.5. The minimum absolute atomic E-state index is 0.0192. The maximum absolute atomic E-state index is 13.8. The lowest BCUT2D eigenvalue weighted by Gasteiger charge is -2.25. The standard InChI is InChI=1S/C25H21ClN4O3S2/c1-15(31)29-12-11-19-20(13-29)35-23-22(19)24(33)30(18-5-3-2-4-6-18)25(28-23)34-14-21(32)27-17-9-7-16(26)8-10-17/h2-10H,11-14H2,1H3,(H,27,32). The summed E-state index contributed by atoms with van der Waals surface area (Å²) >= 11 is 8.57. The molecule has 0 unspecified atom stereocenters. The average molecular weight is 525 g/mol. The predicted octanol–water partition coefficient (Wildman–Crippen LogP) is 4.74. The fraction of sp³-hybridized carbons (Fsp3) is 0.200. The van der Waals surface area contributed by atoms with Gasteiger partial charge in [-0.25, -0.2) is 4.98 Å². The molecule has 1 aliphatic heterocycles. The summed E-state index contributed by atoms with van der Waals surface area (Å²) in [4.78, 5) is 46.5. The summed E-state index contributed by atoms with van der Waals surface area (Å²) in [6.45, 7) is 2.63. The van der Waals surface area contributed by atoms with Crippen LogP contribution in [0, 0.1) is 0 Å². The van der Waals surface area contributed by atoms with Crippen LogP contribution in [0.5, 0.6) is 0 Å². The number of thioether (sulfide) groups is 1. The topological polar surface area (TPSA) is 84.3 Å². The summed E-state index contributed by atoms with van der Waals surface area (Å²) in [6, 6.07) is 16.2. The Morgan fingerprint density at radius 1 is 1.14 bits per heavy atom. The van der Waals surface area contributed by atoms with Crippen molar-refractivity contribution in [1.82, 2.24) is 14.5 Å². The zero-order chi connectivity index (χ0) is 24.5. The van der Waals surface area contributed by atoms with Crippen LogP contribution in [0.25, 0.3) is 15.9 Å². The zero-order valence-corrected chi connectivity index (χ0v) is 21.2. The molecule has 5 rings (SSSR count). The van der Waals surface area contributed by atoms with Crippen molar-refractivity contribution in [2.24, 2.45) is 0 Å². The van der Waals surface area contributed by atoms with Crippen LogP contribution < -0.4 is 10.9 Å². The molecule has 0 atom stereocenters. The van der Waals surface area contributed by atoms with Gasteiger partial charge in [0.15, 0.2) is 5.16 Å². The average Bonchev–Trinajstić information content (AvgIpc) is 3.22.